The standard InChI is InChI=1S/C26H46O2/c1-4-7-10-13-14-15-16-17-18-19-20-23-26(27-24-21-11-8-5-2)28-25-22-12-9-6-3/h4,13-14,26H,1,5-6,8-9,11-12,15-25H2,2-3H3/b14-13-. The summed E-state index contributed by atoms with van der Waals surface area (Å²) in [6, 6.07) is 0. The summed E-state index contributed by atoms with van der Waals surface area (Å²) in [7, 11) is 0. The molecule has 2 nitrogen and oxygen atoms in total. The molecule has 0 aliphatic rings. The second-order valence-electron chi connectivity index (χ2n) is 7.53. The normalized spacial score (nSPS) is 11.1. The Bertz CT molecular complexity index is 388. The minimum atomic E-state index is 0.00891. The second kappa shape index (κ2) is 24.0. The van der Waals surface area contributed by atoms with Gasteiger partial charge in [-0.25, -0.2) is 0 Å². The Kier molecular flexibility index (Phi) is 23.1. The van der Waals surface area contributed by atoms with Crippen LogP contribution in [0.3, 0.4) is 0 Å². The first kappa shape index (κ1) is 27.0. The van der Waals surface area contributed by atoms with Gasteiger partial charge >= 0.3 is 0 Å². The van der Waals surface area contributed by atoms with E-state index in [0.29, 0.717) is 0 Å². The van der Waals surface area contributed by atoms with Crippen molar-refractivity contribution in [2.75, 3.05) is 13.2 Å². The average molecular weight is 391 g/mol. The van der Waals surface area contributed by atoms with Crippen LogP contribution in [-0.2, 0) is 9.47 Å². The number of hydrogen-bond donors (Lipinski definition) is 0. The van der Waals surface area contributed by atoms with Crippen molar-refractivity contribution in [3.8, 4) is 11.8 Å². The van der Waals surface area contributed by atoms with Gasteiger partial charge in [0.2, 0.25) is 0 Å². The maximum Gasteiger partial charge on any atom is 0.157 e. The predicted octanol–water partition coefficient (Wildman–Crippen LogP) is 7.98. The minimum absolute atomic E-state index is 0.00891. The number of unbranched alkanes of at least 4 members (excludes halogenated alkanes) is 11. The molecule has 0 aromatic heterocycles. The Morgan fingerprint density at radius 3 is 1.89 bits per heavy atom. The highest BCUT2D eigenvalue weighted by molar-refractivity contribution is 5.21. The van der Waals surface area contributed by atoms with E-state index in [0.717, 1.165) is 38.9 Å². The Morgan fingerprint density at radius 2 is 1.29 bits per heavy atom. The van der Waals surface area contributed by atoms with Gasteiger partial charge in [0, 0.05) is 13.2 Å². The average Bonchev–Trinajstić information content (AvgIpc) is 2.71. The van der Waals surface area contributed by atoms with E-state index in [4.69, 9.17) is 9.47 Å². The lowest BCUT2D eigenvalue weighted by Crippen LogP contribution is -2.19. The number of hydrogen-bond acceptors (Lipinski definition) is 2. The van der Waals surface area contributed by atoms with Crippen molar-refractivity contribution in [2.24, 2.45) is 0 Å². The highest BCUT2D eigenvalue weighted by Gasteiger charge is 2.09. The smallest absolute Gasteiger partial charge is 0.157 e. The third kappa shape index (κ3) is 21.3. The monoisotopic (exact) mass is 390 g/mol. The molecule has 0 saturated heterocycles. The summed E-state index contributed by atoms with van der Waals surface area (Å²) in [6.07, 6.45) is 24.2. The summed E-state index contributed by atoms with van der Waals surface area (Å²) in [4.78, 5) is 0. The van der Waals surface area contributed by atoms with E-state index in [-0.39, 0.29) is 6.29 Å². The van der Waals surface area contributed by atoms with Crippen LogP contribution in [0.1, 0.15) is 110 Å². The van der Waals surface area contributed by atoms with E-state index in [1.807, 2.05) is 6.08 Å². The molecule has 0 radical (unpaired) electrons. The number of ether oxygens (including phenoxy) is 2. The molecule has 0 atom stereocenters. The van der Waals surface area contributed by atoms with E-state index < -0.39 is 0 Å². The van der Waals surface area contributed by atoms with Gasteiger partial charge in [0.1, 0.15) is 0 Å². The summed E-state index contributed by atoms with van der Waals surface area (Å²) < 4.78 is 12.1. The SMILES string of the molecule is C=CC#C/C=C\CCCCCCCC(OCCCCCC)OCCCCCC. The lowest BCUT2D eigenvalue weighted by atomic mass is 10.1. The van der Waals surface area contributed by atoms with Crippen molar-refractivity contribution in [3.63, 3.8) is 0 Å². The Balaban J connectivity index is 3.79. The Morgan fingerprint density at radius 1 is 0.714 bits per heavy atom. The maximum absolute atomic E-state index is 6.04. The zero-order valence-corrected chi connectivity index (χ0v) is 18.9. The van der Waals surface area contributed by atoms with Crippen LogP contribution in [0, 0.1) is 11.8 Å². The molecule has 0 amide bonds. The Hall–Kier alpha value is -1.04. The van der Waals surface area contributed by atoms with Gasteiger partial charge in [-0.2, -0.15) is 0 Å². The Labute approximate surface area is 176 Å². The molecule has 28 heavy (non-hydrogen) atoms. The van der Waals surface area contributed by atoms with Crippen molar-refractivity contribution < 1.29 is 9.47 Å². The fraction of sp³-hybridized carbons (Fsp3) is 0.769. The molecule has 0 rings (SSSR count). The van der Waals surface area contributed by atoms with Gasteiger partial charge in [0.05, 0.1) is 0 Å². The van der Waals surface area contributed by atoms with Crippen LogP contribution in [-0.4, -0.2) is 19.5 Å². The van der Waals surface area contributed by atoms with Crippen LogP contribution in [0.15, 0.2) is 24.8 Å². The molecule has 162 valence electrons. The van der Waals surface area contributed by atoms with Crippen LogP contribution >= 0.6 is 0 Å². The predicted molar refractivity (Wildman–Crippen MR) is 123 cm³/mol. The second-order valence-corrected chi connectivity index (χ2v) is 7.53. The largest absolute Gasteiger partial charge is 0.353 e. The minimum Gasteiger partial charge on any atom is -0.353 e. The molecule has 0 bridgehead atoms. The van der Waals surface area contributed by atoms with E-state index >= 15 is 0 Å². The first-order chi connectivity index (χ1) is 13.8. The molecule has 0 fully saturated rings. The lowest BCUT2D eigenvalue weighted by molar-refractivity contribution is -0.148. The summed E-state index contributed by atoms with van der Waals surface area (Å²) in [5.41, 5.74) is 0. The topological polar surface area (TPSA) is 18.5 Å². The maximum atomic E-state index is 6.04. The van der Waals surface area contributed by atoms with Crippen LogP contribution in [0.4, 0.5) is 0 Å². The highest BCUT2D eigenvalue weighted by atomic mass is 16.7. The molecule has 0 N–H and O–H groups in total. The quantitative estimate of drug-likeness (QED) is 0.119. The van der Waals surface area contributed by atoms with Crippen LogP contribution in [0.25, 0.3) is 0 Å². The summed E-state index contributed by atoms with van der Waals surface area (Å²) >= 11 is 0. The van der Waals surface area contributed by atoms with Crippen molar-refractivity contribution in [2.45, 2.75) is 116 Å². The van der Waals surface area contributed by atoms with Gasteiger partial charge in [0.15, 0.2) is 6.29 Å². The number of rotatable bonds is 20. The summed E-state index contributed by atoms with van der Waals surface area (Å²) in [6.45, 7) is 9.77. The van der Waals surface area contributed by atoms with Gasteiger partial charge in [-0.3, -0.25) is 0 Å². The van der Waals surface area contributed by atoms with Gasteiger partial charge in [-0.15, -0.1) is 0 Å². The molecule has 0 aliphatic carbocycles. The van der Waals surface area contributed by atoms with E-state index in [1.165, 1.54) is 70.6 Å². The third-order valence-electron chi connectivity index (χ3n) is 4.80. The van der Waals surface area contributed by atoms with E-state index in [1.54, 1.807) is 6.08 Å². The summed E-state index contributed by atoms with van der Waals surface area (Å²) in [5.74, 6) is 5.77. The van der Waals surface area contributed by atoms with Crippen molar-refractivity contribution >= 4 is 0 Å². The van der Waals surface area contributed by atoms with Gasteiger partial charge < -0.3 is 9.47 Å². The molecule has 0 aromatic rings. The molecule has 0 spiro atoms. The number of allylic oxidation sites excluding steroid dienone is 3. The third-order valence-corrected chi connectivity index (χ3v) is 4.80. The molecule has 2 heteroatoms. The molecule has 0 saturated carbocycles. The molecular formula is C26H46O2. The van der Waals surface area contributed by atoms with Gasteiger partial charge in [-0.05, 0) is 50.7 Å². The van der Waals surface area contributed by atoms with Gasteiger partial charge in [0.25, 0.3) is 0 Å². The van der Waals surface area contributed by atoms with Crippen LogP contribution in [0.5, 0.6) is 0 Å². The van der Waals surface area contributed by atoms with Crippen molar-refractivity contribution in [1.82, 2.24) is 0 Å². The zero-order chi connectivity index (χ0) is 20.5. The van der Waals surface area contributed by atoms with Crippen LogP contribution < -0.4 is 0 Å². The lowest BCUT2D eigenvalue weighted by Gasteiger charge is -2.19. The van der Waals surface area contributed by atoms with E-state index in [2.05, 4.69) is 38.3 Å². The highest BCUT2D eigenvalue weighted by Crippen LogP contribution is 2.13. The molecule has 0 aromatic carbocycles. The first-order valence-electron chi connectivity index (χ1n) is 11.8. The van der Waals surface area contributed by atoms with E-state index in [9.17, 15) is 0 Å². The fourth-order valence-corrected chi connectivity index (χ4v) is 3.05. The van der Waals surface area contributed by atoms with Crippen LogP contribution in [0.2, 0.25) is 0 Å². The molecule has 0 aliphatic heterocycles. The molecule has 0 heterocycles. The van der Waals surface area contributed by atoms with Crippen molar-refractivity contribution in [3.05, 3.63) is 24.8 Å². The molecular weight excluding hydrogens is 344 g/mol. The van der Waals surface area contributed by atoms with Crippen molar-refractivity contribution in [1.29, 1.82) is 0 Å². The first-order valence-corrected chi connectivity index (χ1v) is 11.8. The fourth-order valence-electron chi connectivity index (χ4n) is 3.05. The summed E-state index contributed by atoms with van der Waals surface area (Å²) in [5, 5.41) is 0. The molecule has 0 unspecified atom stereocenters. The zero-order valence-electron chi connectivity index (χ0n) is 18.9. The van der Waals surface area contributed by atoms with Gasteiger partial charge in [-0.1, -0.05) is 96.1 Å².